The highest BCUT2D eigenvalue weighted by Crippen LogP contribution is 2.27. The maximum Gasteiger partial charge on any atom is 0.225 e. The van der Waals surface area contributed by atoms with E-state index in [1.807, 2.05) is 45.2 Å². The van der Waals surface area contributed by atoms with E-state index in [0.717, 1.165) is 53.6 Å². The number of amides is 1. The normalized spacial score (nSPS) is 17.9. The third-order valence-corrected chi connectivity index (χ3v) is 6.11. The second-order valence-corrected chi connectivity index (χ2v) is 8.98. The van der Waals surface area contributed by atoms with E-state index in [-0.39, 0.29) is 23.8 Å². The first-order valence-corrected chi connectivity index (χ1v) is 11.1. The van der Waals surface area contributed by atoms with Crippen LogP contribution >= 0.6 is 0 Å². The van der Waals surface area contributed by atoms with Gasteiger partial charge in [-0.1, -0.05) is 26.0 Å². The van der Waals surface area contributed by atoms with Crippen LogP contribution in [0.3, 0.4) is 0 Å². The largest absolute Gasteiger partial charge is 0.346 e. The van der Waals surface area contributed by atoms with Crippen LogP contribution in [0.1, 0.15) is 49.9 Å². The number of para-hydroxylation sites is 2. The molecule has 164 valence electrons. The summed E-state index contributed by atoms with van der Waals surface area (Å²) in [5.74, 6) is 1.84. The lowest BCUT2D eigenvalue weighted by molar-refractivity contribution is -0.126. The van der Waals surface area contributed by atoms with Crippen molar-refractivity contribution in [3.8, 4) is 0 Å². The fourth-order valence-corrected chi connectivity index (χ4v) is 4.46. The number of nitrogens with zero attached hydrogens (tertiary/aromatic N) is 5. The number of piperidine rings is 1. The fourth-order valence-electron chi connectivity index (χ4n) is 4.46. The molecule has 7 nitrogen and oxygen atoms in total. The van der Waals surface area contributed by atoms with Crippen molar-refractivity contribution in [3.05, 3.63) is 47.5 Å². The number of carbonyl (C=O) groups excluding carboxylic acids is 1. The van der Waals surface area contributed by atoms with Gasteiger partial charge in [0.05, 0.1) is 23.0 Å². The van der Waals surface area contributed by atoms with E-state index in [1.54, 1.807) is 0 Å². The van der Waals surface area contributed by atoms with Crippen molar-refractivity contribution < 1.29 is 4.79 Å². The van der Waals surface area contributed by atoms with Crippen molar-refractivity contribution in [2.75, 3.05) is 18.0 Å². The van der Waals surface area contributed by atoms with Gasteiger partial charge in [0.2, 0.25) is 11.9 Å². The summed E-state index contributed by atoms with van der Waals surface area (Å²) in [5.41, 5.74) is 3.94. The molecule has 1 saturated heterocycles. The van der Waals surface area contributed by atoms with Gasteiger partial charge < -0.3 is 14.8 Å². The summed E-state index contributed by atoms with van der Waals surface area (Å²) in [5, 5.41) is 3.31. The van der Waals surface area contributed by atoms with E-state index in [2.05, 4.69) is 44.7 Å². The molecule has 0 aliphatic carbocycles. The second kappa shape index (κ2) is 8.65. The van der Waals surface area contributed by atoms with Crippen molar-refractivity contribution in [1.29, 1.82) is 0 Å². The van der Waals surface area contributed by atoms with Crippen molar-refractivity contribution in [3.63, 3.8) is 0 Å². The van der Waals surface area contributed by atoms with Gasteiger partial charge in [-0.25, -0.2) is 15.0 Å². The van der Waals surface area contributed by atoms with Gasteiger partial charge >= 0.3 is 0 Å². The van der Waals surface area contributed by atoms with Crippen LogP contribution in [0.5, 0.6) is 0 Å². The van der Waals surface area contributed by atoms with E-state index in [1.165, 1.54) is 0 Å². The minimum absolute atomic E-state index is 0.0832. The molecule has 0 radical (unpaired) electrons. The maximum absolute atomic E-state index is 13.3. The summed E-state index contributed by atoms with van der Waals surface area (Å²) in [6.45, 7) is 9.74. The summed E-state index contributed by atoms with van der Waals surface area (Å²) >= 11 is 0. The smallest absolute Gasteiger partial charge is 0.225 e. The molecule has 31 heavy (non-hydrogen) atoms. The maximum atomic E-state index is 13.3. The van der Waals surface area contributed by atoms with Gasteiger partial charge in [0.25, 0.3) is 0 Å². The van der Waals surface area contributed by atoms with E-state index in [0.29, 0.717) is 6.54 Å². The number of rotatable bonds is 5. The average molecular weight is 421 g/mol. The van der Waals surface area contributed by atoms with Crippen molar-refractivity contribution in [2.24, 2.45) is 18.9 Å². The molecule has 0 bridgehead atoms. The topological polar surface area (TPSA) is 75.9 Å². The van der Waals surface area contributed by atoms with Gasteiger partial charge in [0, 0.05) is 31.5 Å². The molecule has 1 N–H and O–H groups in total. The first-order chi connectivity index (χ1) is 14.8. The van der Waals surface area contributed by atoms with Crippen molar-refractivity contribution in [1.82, 2.24) is 24.8 Å². The standard InChI is InChI=1S/C24H32N6O/c1-15(2)21(22-27-19-10-6-7-11-20(19)29(22)5)28-23(31)18-9-8-12-30(14-18)24-25-16(3)13-17(4)26-24/h6-7,10-11,13,15,18,21H,8-9,12,14H2,1-5H3,(H,28,31). The van der Waals surface area contributed by atoms with Crippen molar-refractivity contribution in [2.45, 2.75) is 46.6 Å². The number of carbonyl (C=O) groups is 1. The molecule has 2 aromatic heterocycles. The minimum Gasteiger partial charge on any atom is -0.346 e. The average Bonchev–Trinajstić information content (AvgIpc) is 3.07. The van der Waals surface area contributed by atoms with E-state index >= 15 is 0 Å². The minimum atomic E-state index is -0.141. The number of fused-ring (bicyclic) bond motifs is 1. The Morgan fingerprint density at radius 1 is 1.13 bits per heavy atom. The zero-order valence-electron chi connectivity index (χ0n) is 19.1. The van der Waals surface area contributed by atoms with Crippen LogP contribution in [-0.2, 0) is 11.8 Å². The number of aromatic nitrogens is 4. The number of hydrogen-bond donors (Lipinski definition) is 1. The molecule has 0 spiro atoms. The van der Waals surface area contributed by atoms with Crippen LogP contribution in [0.25, 0.3) is 11.0 Å². The monoisotopic (exact) mass is 420 g/mol. The lowest BCUT2D eigenvalue weighted by Gasteiger charge is -2.33. The van der Waals surface area contributed by atoms with Gasteiger partial charge in [0.15, 0.2) is 0 Å². The first-order valence-electron chi connectivity index (χ1n) is 11.1. The SMILES string of the molecule is Cc1cc(C)nc(N2CCCC(C(=O)NC(c3nc4ccccc4n3C)C(C)C)C2)n1. The zero-order chi connectivity index (χ0) is 22.1. The van der Waals surface area contributed by atoms with Crippen LogP contribution in [0.15, 0.2) is 30.3 Å². The molecule has 0 saturated carbocycles. The predicted molar refractivity (Wildman–Crippen MR) is 123 cm³/mol. The Morgan fingerprint density at radius 2 is 1.84 bits per heavy atom. The number of nitrogens with one attached hydrogen (secondary N) is 1. The lowest BCUT2D eigenvalue weighted by atomic mass is 9.95. The molecule has 7 heteroatoms. The Balaban J connectivity index is 1.53. The van der Waals surface area contributed by atoms with E-state index < -0.39 is 0 Å². The summed E-state index contributed by atoms with van der Waals surface area (Å²) < 4.78 is 2.09. The highest BCUT2D eigenvalue weighted by Gasteiger charge is 2.31. The highest BCUT2D eigenvalue weighted by molar-refractivity contribution is 5.80. The summed E-state index contributed by atoms with van der Waals surface area (Å²) in [4.78, 5) is 29.5. The third kappa shape index (κ3) is 4.40. The molecule has 2 atom stereocenters. The summed E-state index contributed by atoms with van der Waals surface area (Å²) in [6, 6.07) is 9.92. The third-order valence-electron chi connectivity index (χ3n) is 6.11. The molecule has 3 heterocycles. The van der Waals surface area contributed by atoms with Crippen LogP contribution in [0, 0.1) is 25.7 Å². The number of aryl methyl sites for hydroxylation is 3. The van der Waals surface area contributed by atoms with Crippen LogP contribution in [-0.4, -0.2) is 38.5 Å². The van der Waals surface area contributed by atoms with Gasteiger partial charge in [-0.3, -0.25) is 4.79 Å². The summed E-state index contributed by atoms with van der Waals surface area (Å²) in [6.07, 6.45) is 1.83. The Labute approximate surface area is 183 Å². The number of imidazole rings is 1. The zero-order valence-corrected chi connectivity index (χ0v) is 19.1. The quantitative estimate of drug-likeness (QED) is 0.681. The molecule has 1 fully saturated rings. The molecule has 1 amide bonds. The molecular weight excluding hydrogens is 388 g/mol. The van der Waals surface area contributed by atoms with Crippen molar-refractivity contribution >= 4 is 22.9 Å². The predicted octanol–water partition coefficient (Wildman–Crippen LogP) is 3.71. The molecule has 4 rings (SSSR count). The Hall–Kier alpha value is -2.96. The Kier molecular flexibility index (Phi) is 5.94. The highest BCUT2D eigenvalue weighted by atomic mass is 16.2. The fraction of sp³-hybridized carbons (Fsp3) is 0.500. The number of anilines is 1. The van der Waals surface area contributed by atoms with E-state index in [4.69, 9.17) is 4.98 Å². The van der Waals surface area contributed by atoms with Crippen LogP contribution in [0.4, 0.5) is 5.95 Å². The molecule has 1 aliphatic heterocycles. The molecule has 3 aromatic rings. The lowest BCUT2D eigenvalue weighted by Crippen LogP contribution is -2.45. The van der Waals surface area contributed by atoms with Crippen LogP contribution < -0.4 is 10.2 Å². The molecule has 2 unspecified atom stereocenters. The first kappa shape index (κ1) is 21.3. The number of hydrogen-bond acceptors (Lipinski definition) is 5. The molecular formula is C24H32N6O. The van der Waals surface area contributed by atoms with Crippen LogP contribution in [0.2, 0.25) is 0 Å². The van der Waals surface area contributed by atoms with Gasteiger partial charge in [0.1, 0.15) is 5.82 Å². The van der Waals surface area contributed by atoms with Gasteiger partial charge in [-0.05, 0) is 50.8 Å². The molecule has 1 aromatic carbocycles. The molecule has 1 aliphatic rings. The second-order valence-electron chi connectivity index (χ2n) is 8.98. The Morgan fingerprint density at radius 3 is 2.52 bits per heavy atom. The Bertz CT molecular complexity index is 1070. The van der Waals surface area contributed by atoms with E-state index in [9.17, 15) is 4.79 Å². The number of benzene rings is 1. The summed E-state index contributed by atoms with van der Waals surface area (Å²) in [7, 11) is 2.02. The van der Waals surface area contributed by atoms with Gasteiger partial charge in [-0.15, -0.1) is 0 Å². The van der Waals surface area contributed by atoms with Gasteiger partial charge in [-0.2, -0.15) is 0 Å².